The van der Waals surface area contributed by atoms with E-state index in [-0.39, 0.29) is 17.5 Å². The van der Waals surface area contributed by atoms with Crippen molar-refractivity contribution in [1.29, 1.82) is 0 Å². The average molecular weight is 601 g/mol. The Morgan fingerprint density at radius 1 is 1.02 bits per heavy atom. The smallest absolute Gasteiger partial charge is 0.393 e. The highest BCUT2D eigenvalue weighted by Crippen LogP contribution is 2.38. The monoisotopic (exact) mass is 600 g/mol. The van der Waals surface area contributed by atoms with Gasteiger partial charge in [0, 0.05) is 34.3 Å². The number of methoxy groups -OCH3 is 1. The summed E-state index contributed by atoms with van der Waals surface area (Å²) in [6, 6.07) is 20.3. The van der Waals surface area contributed by atoms with Gasteiger partial charge >= 0.3 is 6.18 Å². The van der Waals surface area contributed by atoms with E-state index >= 15 is 0 Å². The van der Waals surface area contributed by atoms with Gasteiger partial charge in [0.25, 0.3) is 5.91 Å². The SMILES string of the molecule is CNC1CCC(N(Cc2cc(-c3ccc(CC(F)(F)F)cc3)ccc2OC)C(=O)c2sc3ccccc3c2Cl)CC1. The van der Waals surface area contributed by atoms with E-state index in [0.717, 1.165) is 52.5 Å². The van der Waals surface area contributed by atoms with Crippen LogP contribution in [0.15, 0.2) is 66.7 Å². The molecule has 0 atom stereocenters. The fraction of sp³-hybridized carbons (Fsp3) is 0.344. The molecular formula is C32H32ClF3N2O2S. The molecule has 216 valence electrons. The first-order chi connectivity index (χ1) is 19.7. The molecule has 1 fully saturated rings. The summed E-state index contributed by atoms with van der Waals surface area (Å²) in [5, 5.41) is 4.70. The summed E-state index contributed by atoms with van der Waals surface area (Å²) in [6.07, 6.45) is -1.56. The molecule has 1 amide bonds. The van der Waals surface area contributed by atoms with Crippen molar-refractivity contribution < 1.29 is 22.7 Å². The van der Waals surface area contributed by atoms with Crippen LogP contribution < -0.4 is 10.1 Å². The van der Waals surface area contributed by atoms with Crippen LogP contribution in [0.3, 0.4) is 0 Å². The first-order valence-corrected chi connectivity index (χ1v) is 14.8. The fourth-order valence-corrected chi connectivity index (χ4v) is 7.10. The van der Waals surface area contributed by atoms with Gasteiger partial charge in [0.2, 0.25) is 0 Å². The van der Waals surface area contributed by atoms with Crippen molar-refractivity contribution in [2.24, 2.45) is 0 Å². The molecule has 4 aromatic rings. The van der Waals surface area contributed by atoms with Gasteiger partial charge in [-0.2, -0.15) is 13.2 Å². The largest absolute Gasteiger partial charge is 0.496 e. The molecule has 1 aromatic heterocycles. The Bertz CT molecular complexity index is 1510. The molecule has 1 aliphatic rings. The Balaban J connectivity index is 1.48. The predicted octanol–water partition coefficient (Wildman–Crippen LogP) is 8.51. The van der Waals surface area contributed by atoms with Gasteiger partial charge in [0.1, 0.15) is 10.6 Å². The number of fused-ring (bicyclic) bond motifs is 1. The Hall–Kier alpha value is -3.07. The highest BCUT2D eigenvalue weighted by atomic mass is 35.5. The number of amides is 1. The normalized spacial score (nSPS) is 17.5. The lowest BCUT2D eigenvalue weighted by Gasteiger charge is -2.37. The van der Waals surface area contributed by atoms with Crippen LogP contribution in [-0.4, -0.2) is 43.2 Å². The van der Waals surface area contributed by atoms with Crippen molar-refractivity contribution in [1.82, 2.24) is 10.2 Å². The highest BCUT2D eigenvalue weighted by molar-refractivity contribution is 7.21. The molecule has 0 radical (unpaired) electrons. The van der Waals surface area contributed by atoms with Crippen LogP contribution in [0.4, 0.5) is 13.2 Å². The number of halogens is 4. The summed E-state index contributed by atoms with van der Waals surface area (Å²) in [5.41, 5.74) is 2.67. The average Bonchev–Trinajstić information content (AvgIpc) is 3.31. The third kappa shape index (κ3) is 6.71. The lowest BCUT2D eigenvalue weighted by molar-refractivity contribution is -0.127. The minimum absolute atomic E-state index is 0.0309. The number of benzene rings is 3. The fourth-order valence-electron chi connectivity index (χ4n) is 5.64. The topological polar surface area (TPSA) is 41.6 Å². The number of hydrogen-bond donors (Lipinski definition) is 1. The maximum absolute atomic E-state index is 14.2. The van der Waals surface area contributed by atoms with Crippen molar-refractivity contribution in [3.05, 3.63) is 87.8 Å². The Labute approximate surface area is 247 Å². The molecule has 5 rings (SSSR count). The van der Waals surface area contributed by atoms with Crippen molar-refractivity contribution in [3.63, 3.8) is 0 Å². The minimum atomic E-state index is -4.26. The van der Waals surface area contributed by atoms with Crippen molar-refractivity contribution in [3.8, 4) is 16.9 Å². The van der Waals surface area contributed by atoms with Crippen molar-refractivity contribution in [2.45, 2.75) is 56.9 Å². The molecule has 1 aliphatic carbocycles. The molecule has 0 spiro atoms. The summed E-state index contributed by atoms with van der Waals surface area (Å²) in [4.78, 5) is 16.7. The summed E-state index contributed by atoms with van der Waals surface area (Å²) in [7, 11) is 3.56. The molecule has 4 nitrogen and oxygen atoms in total. The van der Waals surface area contributed by atoms with Gasteiger partial charge in [-0.15, -0.1) is 11.3 Å². The molecule has 0 unspecified atom stereocenters. The number of alkyl halides is 3. The minimum Gasteiger partial charge on any atom is -0.496 e. The molecule has 1 N–H and O–H groups in total. The highest BCUT2D eigenvalue weighted by Gasteiger charge is 2.32. The number of nitrogens with zero attached hydrogens (tertiary/aromatic N) is 1. The number of carbonyl (C=O) groups excluding carboxylic acids is 1. The molecule has 41 heavy (non-hydrogen) atoms. The summed E-state index contributed by atoms with van der Waals surface area (Å²) in [6.45, 7) is 0.321. The van der Waals surface area contributed by atoms with E-state index in [0.29, 0.717) is 28.2 Å². The van der Waals surface area contributed by atoms with Gasteiger partial charge in [-0.05, 0) is 67.6 Å². The second kappa shape index (κ2) is 12.4. The van der Waals surface area contributed by atoms with Crippen LogP contribution in [0.5, 0.6) is 5.75 Å². The number of nitrogens with one attached hydrogen (secondary N) is 1. The first-order valence-electron chi connectivity index (χ1n) is 13.6. The van der Waals surface area contributed by atoms with E-state index in [1.165, 1.54) is 23.5 Å². The molecule has 1 heterocycles. The quantitative estimate of drug-likeness (QED) is 0.220. The first kappa shape index (κ1) is 29.4. The van der Waals surface area contributed by atoms with Crippen LogP contribution in [0.2, 0.25) is 5.02 Å². The maximum Gasteiger partial charge on any atom is 0.393 e. The van der Waals surface area contributed by atoms with Crippen LogP contribution in [-0.2, 0) is 13.0 Å². The Morgan fingerprint density at radius 2 is 1.71 bits per heavy atom. The Kier molecular flexibility index (Phi) is 8.92. The van der Waals surface area contributed by atoms with Crippen LogP contribution in [0.25, 0.3) is 21.2 Å². The molecule has 0 aliphatic heterocycles. The van der Waals surface area contributed by atoms with E-state index in [1.807, 2.05) is 54.4 Å². The molecular weight excluding hydrogens is 569 g/mol. The lowest BCUT2D eigenvalue weighted by Crippen LogP contribution is -2.44. The van der Waals surface area contributed by atoms with Gasteiger partial charge in [-0.25, -0.2) is 0 Å². The summed E-state index contributed by atoms with van der Waals surface area (Å²) >= 11 is 8.17. The second-order valence-corrected chi connectivity index (χ2v) is 11.9. The van der Waals surface area contributed by atoms with Crippen LogP contribution >= 0.6 is 22.9 Å². The zero-order valence-electron chi connectivity index (χ0n) is 22.9. The predicted molar refractivity (Wildman–Crippen MR) is 160 cm³/mol. The van der Waals surface area contributed by atoms with Crippen LogP contribution in [0, 0.1) is 0 Å². The van der Waals surface area contributed by atoms with Gasteiger partial charge in [-0.1, -0.05) is 60.1 Å². The van der Waals surface area contributed by atoms with Gasteiger partial charge in [0.05, 0.1) is 18.6 Å². The molecule has 0 bridgehead atoms. The van der Waals surface area contributed by atoms with Gasteiger partial charge in [0.15, 0.2) is 0 Å². The maximum atomic E-state index is 14.2. The number of thiophene rings is 1. The van der Waals surface area contributed by atoms with E-state index < -0.39 is 12.6 Å². The second-order valence-electron chi connectivity index (χ2n) is 10.5. The van der Waals surface area contributed by atoms with E-state index in [2.05, 4.69) is 5.32 Å². The van der Waals surface area contributed by atoms with E-state index in [4.69, 9.17) is 16.3 Å². The standard InChI is InChI=1S/C32H32ClF3N2O2S/c1-37-24-12-14-25(15-13-24)38(31(39)30-29(33)26-5-3-4-6-28(26)41-30)19-23-17-22(11-16-27(23)40-2)21-9-7-20(8-10-21)18-32(34,35)36/h3-11,16-17,24-25,37H,12-15,18-19H2,1-2H3. The molecule has 3 aromatic carbocycles. The zero-order chi connectivity index (χ0) is 29.1. The van der Waals surface area contributed by atoms with Crippen molar-refractivity contribution >= 4 is 38.9 Å². The van der Waals surface area contributed by atoms with Crippen molar-refractivity contribution in [2.75, 3.05) is 14.2 Å². The third-order valence-electron chi connectivity index (χ3n) is 7.85. The third-order valence-corrected chi connectivity index (χ3v) is 9.51. The van der Waals surface area contributed by atoms with Crippen LogP contribution in [0.1, 0.15) is 46.5 Å². The summed E-state index contributed by atoms with van der Waals surface area (Å²) < 4.78 is 45.2. The number of hydrogen-bond acceptors (Lipinski definition) is 4. The Morgan fingerprint density at radius 3 is 2.34 bits per heavy atom. The number of ether oxygens (including phenoxy) is 1. The number of rotatable bonds is 8. The van der Waals surface area contributed by atoms with E-state index in [9.17, 15) is 18.0 Å². The van der Waals surface area contributed by atoms with E-state index in [1.54, 1.807) is 19.2 Å². The zero-order valence-corrected chi connectivity index (χ0v) is 24.5. The molecule has 1 saturated carbocycles. The van der Waals surface area contributed by atoms with Gasteiger partial charge < -0.3 is 15.0 Å². The summed E-state index contributed by atoms with van der Waals surface area (Å²) in [5.74, 6) is 0.541. The number of carbonyl (C=O) groups is 1. The lowest BCUT2D eigenvalue weighted by atomic mass is 9.89. The molecule has 0 saturated heterocycles. The van der Waals surface area contributed by atoms with Gasteiger partial charge in [-0.3, -0.25) is 4.79 Å². The molecule has 9 heteroatoms.